The molecule has 2 saturated heterocycles. The minimum absolute atomic E-state index is 0.0204. The molecule has 0 aromatic heterocycles. The van der Waals surface area contributed by atoms with Crippen molar-refractivity contribution in [1.29, 1.82) is 0 Å². The predicted octanol–water partition coefficient (Wildman–Crippen LogP) is 7.15. The van der Waals surface area contributed by atoms with Gasteiger partial charge < -0.3 is 14.6 Å². The number of carbonyl (C=O) groups excluding carboxylic acids is 4. The van der Waals surface area contributed by atoms with Crippen LogP contribution in [-0.4, -0.2) is 58.4 Å². The van der Waals surface area contributed by atoms with E-state index >= 15 is 4.79 Å². The molecule has 0 spiro atoms. The molecule has 7 rings (SSSR count). The zero-order valence-corrected chi connectivity index (χ0v) is 30.8. The average molecular weight is 753 g/mol. The number of halogens is 3. The van der Waals surface area contributed by atoms with Crippen LogP contribution in [0.3, 0.4) is 0 Å². The van der Waals surface area contributed by atoms with Crippen molar-refractivity contribution in [3.8, 4) is 17.2 Å². The molecule has 2 aliphatic carbocycles. The van der Waals surface area contributed by atoms with Gasteiger partial charge in [-0.05, 0) is 93.1 Å². The fraction of sp³-hybridized carbons (Fsp3) is 0.368. The molecule has 3 fully saturated rings. The molecule has 10 nitrogen and oxygen atoms in total. The van der Waals surface area contributed by atoms with Crippen molar-refractivity contribution < 1.29 is 33.8 Å². The van der Waals surface area contributed by atoms with Gasteiger partial charge in [0, 0.05) is 16.5 Å². The quantitative estimate of drug-likeness (QED) is 0.201. The Morgan fingerprint density at radius 2 is 1.57 bits per heavy atom. The summed E-state index contributed by atoms with van der Waals surface area (Å²) in [6.45, 7) is 5.46. The summed E-state index contributed by atoms with van der Waals surface area (Å²) in [5, 5.41) is 12.3. The first-order chi connectivity index (χ1) is 24.1. The van der Waals surface area contributed by atoms with Gasteiger partial charge in [-0.3, -0.25) is 29.5 Å². The Balaban J connectivity index is 1.49. The van der Waals surface area contributed by atoms with Crippen LogP contribution in [0.25, 0.3) is 0 Å². The van der Waals surface area contributed by atoms with E-state index in [0.29, 0.717) is 21.9 Å². The Hall–Kier alpha value is -4.25. The van der Waals surface area contributed by atoms with E-state index in [1.807, 2.05) is 26.8 Å². The number of hydrazine groups is 1. The van der Waals surface area contributed by atoms with Crippen molar-refractivity contribution in [2.45, 2.75) is 50.5 Å². The lowest BCUT2D eigenvalue weighted by molar-refractivity contribution is -0.146. The minimum Gasteiger partial charge on any atom is -0.503 e. The number of allylic oxidation sites excluding steroid dienone is 2. The number of methoxy groups -OCH3 is 2. The fourth-order valence-corrected chi connectivity index (χ4v) is 9.47. The highest BCUT2D eigenvalue weighted by Gasteiger charge is 2.70. The van der Waals surface area contributed by atoms with Crippen LogP contribution in [0.2, 0.25) is 15.1 Å². The molecular weight excluding hydrogens is 717 g/mol. The molecule has 6 atom stereocenters. The van der Waals surface area contributed by atoms with Crippen LogP contribution < -0.4 is 14.9 Å². The Morgan fingerprint density at radius 1 is 0.863 bits per heavy atom. The number of phenols is 1. The summed E-state index contributed by atoms with van der Waals surface area (Å²) in [5.74, 6) is -5.17. The molecule has 51 heavy (non-hydrogen) atoms. The number of phenolic OH excluding ortho intramolecular Hbond substituents is 1. The second-order valence-corrected chi connectivity index (χ2v) is 15.7. The molecule has 13 heteroatoms. The maximum absolute atomic E-state index is 15.4. The van der Waals surface area contributed by atoms with Gasteiger partial charge in [0.25, 0.3) is 11.8 Å². The number of hydrogen-bond acceptors (Lipinski definition) is 8. The number of amides is 4. The lowest BCUT2D eigenvalue weighted by atomic mass is 9.49. The third kappa shape index (κ3) is 5.20. The van der Waals surface area contributed by atoms with Gasteiger partial charge in [0.2, 0.25) is 11.8 Å². The maximum Gasteiger partial charge on any atom is 0.260 e. The second kappa shape index (κ2) is 12.5. The summed E-state index contributed by atoms with van der Waals surface area (Å²) >= 11 is 19.3. The summed E-state index contributed by atoms with van der Waals surface area (Å²) in [7, 11) is 2.92. The number of nitrogens with one attached hydrogen (secondary N) is 1. The van der Waals surface area contributed by atoms with Crippen LogP contribution in [-0.2, 0) is 24.6 Å². The molecule has 6 unspecified atom stereocenters. The number of likely N-dealkylation sites (tertiary alicyclic amines) is 1. The van der Waals surface area contributed by atoms with E-state index in [4.69, 9.17) is 44.3 Å². The van der Waals surface area contributed by atoms with Gasteiger partial charge >= 0.3 is 0 Å². The van der Waals surface area contributed by atoms with Crippen molar-refractivity contribution in [1.82, 2.24) is 9.91 Å². The Kier molecular flexibility index (Phi) is 8.59. The summed E-state index contributed by atoms with van der Waals surface area (Å²) < 4.78 is 11.0. The highest BCUT2D eigenvalue weighted by Crippen LogP contribution is 2.65. The van der Waals surface area contributed by atoms with Crippen molar-refractivity contribution in [3.05, 3.63) is 92.4 Å². The van der Waals surface area contributed by atoms with E-state index in [9.17, 15) is 19.5 Å². The van der Waals surface area contributed by atoms with E-state index in [1.54, 1.807) is 48.5 Å². The summed E-state index contributed by atoms with van der Waals surface area (Å²) in [5.41, 5.74) is 2.65. The van der Waals surface area contributed by atoms with Crippen LogP contribution in [0.5, 0.6) is 17.2 Å². The molecule has 3 aromatic rings. The van der Waals surface area contributed by atoms with Crippen LogP contribution >= 0.6 is 34.8 Å². The molecule has 0 bridgehead atoms. The number of rotatable bonds is 6. The van der Waals surface area contributed by atoms with E-state index in [-0.39, 0.29) is 51.9 Å². The number of carbonyl (C=O) groups is 4. The lowest BCUT2D eigenvalue weighted by Gasteiger charge is -2.50. The number of hydrogen-bond donors (Lipinski definition) is 2. The molecule has 1 saturated carbocycles. The molecule has 3 aromatic carbocycles. The zero-order valence-electron chi connectivity index (χ0n) is 28.5. The van der Waals surface area contributed by atoms with Crippen LogP contribution in [0.1, 0.15) is 50.7 Å². The first kappa shape index (κ1) is 35.2. The predicted molar refractivity (Wildman–Crippen MR) is 192 cm³/mol. The molecule has 0 radical (unpaired) electrons. The number of imide groups is 2. The number of benzene rings is 3. The summed E-state index contributed by atoms with van der Waals surface area (Å²) in [6, 6.07) is 14.8. The van der Waals surface area contributed by atoms with Gasteiger partial charge in [-0.1, -0.05) is 58.6 Å². The molecule has 4 amide bonds. The summed E-state index contributed by atoms with van der Waals surface area (Å²) in [4.78, 5) is 59.7. The summed E-state index contributed by atoms with van der Waals surface area (Å²) in [6.07, 6.45) is 2.32. The van der Waals surface area contributed by atoms with Crippen LogP contribution in [0.15, 0.2) is 66.2 Å². The number of fused-ring (bicyclic) bond motifs is 4. The maximum atomic E-state index is 15.4. The Morgan fingerprint density at radius 3 is 2.20 bits per heavy atom. The molecule has 2 N–H and O–H groups in total. The first-order valence-corrected chi connectivity index (χ1v) is 17.7. The lowest BCUT2D eigenvalue weighted by Crippen LogP contribution is -2.53. The minimum atomic E-state index is -1.59. The number of nitrogens with zero attached hydrogens (tertiary/aromatic N) is 2. The molecule has 4 aliphatic rings. The van der Waals surface area contributed by atoms with Crippen LogP contribution in [0.4, 0.5) is 5.69 Å². The van der Waals surface area contributed by atoms with Gasteiger partial charge in [-0.15, -0.1) is 0 Å². The van der Waals surface area contributed by atoms with Gasteiger partial charge in [0.1, 0.15) is 5.75 Å². The SMILES string of the molecule is COc1ccc(C23C(=O)N(Nc4ccc(Cl)cc4Cl)C(=O)C2CC2C(=CCC4C(=O)N(C(C)(C)C)C(=O)C42)C3c2cc(Cl)c(O)c(OC)c2)cc1. The smallest absolute Gasteiger partial charge is 0.260 e. The van der Waals surface area contributed by atoms with Crippen molar-refractivity contribution in [3.63, 3.8) is 0 Å². The van der Waals surface area contributed by atoms with Gasteiger partial charge in [-0.2, -0.15) is 5.01 Å². The van der Waals surface area contributed by atoms with Gasteiger partial charge in [0.15, 0.2) is 11.5 Å². The Labute approximate surface area is 310 Å². The highest BCUT2D eigenvalue weighted by atomic mass is 35.5. The fourth-order valence-electron chi connectivity index (χ4n) is 8.80. The third-order valence-electron chi connectivity index (χ3n) is 10.9. The van der Waals surface area contributed by atoms with E-state index in [2.05, 4.69) is 5.43 Å². The average Bonchev–Trinajstić information content (AvgIpc) is 3.48. The van der Waals surface area contributed by atoms with Gasteiger partial charge in [-0.25, -0.2) is 0 Å². The highest BCUT2D eigenvalue weighted by molar-refractivity contribution is 6.36. The topological polar surface area (TPSA) is 125 Å². The van der Waals surface area contributed by atoms with Crippen LogP contribution in [0, 0.1) is 23.7 Å². The zero-order chi connectivity index (χ0) is 36.7. The normalized spacial score (nSPS) is 27.2. The number of anilines is 1. The van der Waals surface area contributed by atoms with Crippen molar-refractivity contribution in [2.75, 3.05) is 19.6 Å². The number of ether oxygens (including phenoxy) is 2. The van der Waals surface area contributed by atoms with Gasteiger partial charge in [0.05, 0.1) is 53.1 Å². The first-order valence-electron chi connectivity index (χ1n) is 16.5. The number of aromatic hydroxyl groups is 1. The Bertz CT molecular complexity index is 2030. The van der Waals surface area contributed by atoms with E-state index < -0.39 is 52.4 Å². The third-order valence-corrected chi connectivity index (χ3v) is 11.7. The molecule has 2 aliphatic heterocycles. The molecular formula is C38H36Cl3N3O7. The van der Waals surface area contributed by atoms with Crippen molar-refractivity contribution in [2.24, 2.45) is 23.7 Å². The largest absolute Gasteiger partial charge is 0.503 e. The van der Waals surface area contributed by atoms with E-state index in [0.717, 1.165) is 10.6 Å². The molecule has 266 valence electrons. The second-order valence-electron chi connectivity index (χ2n) is 14.4. The van der Waals surface area contributed by atoms with E-state index in [1.165, 1.54) is 25.2 Å². The monoisotopic (exact) mass is 751 g/mol. The van der Waals surface area contributed by atoms with Crippen molar-refractivity contribution >= 4 is 64.1 Å². The standard InChI is InChI=1S/C38H36Cl3N3O7/c1-37(2,3)43-33(46)23-12-11-22-24(30(23)35(43)48)17-25-34(47)44(42-28-13-8-20(39)16-26(28)40)36(49)38(25,19-6-9-21(50-4)10-7-19)31(22)18-14-27(41)32(45)29(15-18)51-5/h6-11,13-16,23-25,30-31,42,45H,12,17H2,1-5H3. The molecule has 2 heterocycles.